The molecule has 0 saturated heterocycles. The zero-order chi connectivity index (χ0) is 15.1. The van der Waals surface area contributed by atoms with Crippen molar-refractivity contribution in [2.75, 3.05) is 13.2 Å². The number of pyridine rings is 1. The number of ether oxygens (including phenoxy) is 1. The molecule has 2 rings (SSSR count). The van der Waals surface area contributed by atoms with Crippen LogP contribution in [0.4, 0.5) is 0 Å². The second-order valence-electron chi connectivity index (χ2n) is 5.18. The van der Waals surface area contributed by atoms with Gasteiger partial charge >= 0.3 is 0 Å². The quantitative estimate of drug-likeness (QED) is 0.737. The Morgan fingerprint density at radius 1 is 1.33 bits per heavy atom. The third-order valence-electron chi connectivity index (χ3n) is 3.63. The minimum Gasteiger partial charge on any atom is -0.377 e. The molecule has 0 atom stereocenters. The van der Waals surface area contributed by atoms with Crippen LogP contribution in [-0.2, 0) is 21.3 Å². The summed E-state index contributed by atoms with van der Waals surface area (Å²) in [5, 5.41) is 0. The molecule has 0 aliphatic heterocycles. The fourth-order valence-corrected chi connectivity index (χ4v) is 3.74. The number of nitrogens with two attached hydrogens (primary N) is 1. The molecule has 6 nitrogen and oxygen atoms in total. The van der Waals surface area contributed by atoms with Crippen LogP contribution in [0.2, 0.25) is 0 Å². The molecule has 1 aromatic rings. The van der Waals surface area contributed by atoms with E-state index in [1.807, 2.05) is 0 Å². The number of rotatable bonds is 7. The van der Waals surface area contributed by atoms with Gasteiger partial charge < -0.3 is 10.5 Å². The SMILES string of the molecule is NCc1ncccc1S(=O)(=O)NCCOC1CCCCC1. The lowest BCUT2D eigenvalue weighted by Crippen LogP contribution is -2.30. The van der Waals surface area contributed by atoms with Gasteiger partial charge in [0.25, 0.3) is 0 Å². The van der Waals surface area contributed by atoms with Crippen molar-refractivity contribution in [1.82, 2.24) is 9.71 Å². The monoisotopic (exact) mass is 313 g/mol. The predicted molar refractivity (Wildman–Crippen MR) is 80.1 cm³/mol. The van der Waals surface area contributed by atoms with Gasteiger partial charge in [-0.05, 0) is 25.0 Å². The van der Waals surface area contributed by atoms with Crippen molar-refractivity contribution in [1.29, 1.82) is 0 Å². The molecule has 0 aromatic carbocycles. The largest absolute Gasteiger partial charge is 0.377 e. The topological polar surface area (TPSA) is 94.3 Å². The van der Waals surface area contributed by atoms with Crippen molar-refractivity contribution in [3.8, 4) is 0 Å². The molecule has 1 aliphatic carbocycles. The summed E-state index contributed by atoms with van der Waals surface area (Å²) in [4.78, 5) is 4.13. The van der Waals surface area contributed by atoms with Crippen LogP contribution in [0.15, 0.2) is 23.2 Å². The fraction of sp³-hybridized carbons (Fsp3) is 0.643. The Bertz CT molecular complexity index is 542. The number of sulfonamides is 1. The zero-order valence-corrected chi connectivity index (χ0v) is 12.9. The summed E-state index contributed by atoms with van der Waals surface area (Å²) in [6, 6.07) is 3.10. The third kappa shape index (κ3) is 4.74. The summed E-state index contributed by atoms with van der Waals surface area (Å²) in [5.41, 5.74) is 5.89. The van der Waals surface area contributed by atoms with E-state index in [1.54, 1.807) is 6.07 Å². The molecule has 0 spiro atoms. The maximum atomic E-state index is 12.2. The molecule has 3 N–H and O–H groups in total. The molecular weight excluding hydrogens is 290 g/mol. The average molecular weight is 313 g/mol. The van der Waals surface area contributed by atoms with Gasteiger partial charge in [0.1, 0.15) is 4.90 Å². The molecule has 1 fully saturated rings. The molecule has 1 aliphatic rings. The highest BCUT2D eigenvalue weighted by Crippen LogP contribution is 2.20. The van der Waals surface area contributed by atoms with Gasteiger partial charge in [0.05, 0.1) is 18.4 Å². The van der Waals surface area contributed by atoms with Crippen LogP contribution in [0.3, 0.4) is 0 Å². The average Bonchev–Trinajstić information content (AvgIpc) is 2.52. The van der Waals surface area contributed by atoms with Gasteiger partial charge in [-0.1, -0.05) is 19.3 Å². The van der Waals surface area contributed by atoms with E-state index in [0.29, 0.717) is 12.3 Å². The van der Waals surface area contributed by atoms with Gasteiger partial charge in [0, 0.05) is 19.3 Å². The lowest BCUT2D eigenvalue weighted by Gasteiger charge is -2.22. The number of aromatic nitrogens is 1. The van der Waals surface area contributed by atoms with E-state index in [1.165, 1.54) is 31.5 Å². The molecular formula is C14H23N3O3S. The van der Waals surface area contributed by atoms with Crippen molar-refractivity contribution in [2.24, 2.45) is 5.73 Å². The van der Waals surface area contributed by atoms with E-state index in [9.17, 15) is 8.42 Å². The van der Waals surface area contributed by atoms with Crippen molar-refractivity contribution in [3.05, 3.63) is 24.0 Å². The molecule has 118 valence electrons. The van der Waals surface area contributed by atoms with Gasteiger partial charge in [0.15, 0.2) is 0 Å². The molecule has 1 heterocycles. The maximum Gasteiger partial charge on any atom is 0.242 e. The first kappa shape index (κ1) is 16.4. The van der Waals surface area contributed by atoms with Crippen LogP contribution >= 0.6 is 0 Å². The molecule has 7 heteroatoms. The molecule has 0 radical (unpaired) electrons. The minimum atomic E-state index is -3.58. The second-order valence-corrected chi connectivity index (χ2v) is 6.92. The van der Waals surface area contributed by atoms with Crippen molar-refractivity contribution < 1.29 is 13.2 Å². The van der Waals surface area contributed by atoms with E-state index >= 15 is 0 Å². The van der Waals surface area contributed by atoms with E-state index in [0.717, 1.165) is 12.8 Å². The predicted octanol–water partition coefficient (Wildman–Crippen LogP) is 1.17. The first-order valence-electron chi connectivity index (χ1n) is 7.38. The van der Waals surface area contributed by atoms with Gasteiger partial charge in [-0.3, -0.25) is 4.98 Å². The number of hydrogen-bond acceptors (Lipinski definition) is 5. The lowest BCUT2D eigenvalue weighted by molar-refractivity contribution is 0.0321. The first-order valence-corrected chi connectivity index (χ1v) is 8.87. The Hall–Kier alpha value is -1.02. The van der Waals surface area contributed by atoms with Crippen LogP contribution in [0, 0.1) is 0 Å². The summed E-state index contributed by atoms with van der Waals surface area (Å²) < 4.78 is 32.6. The molecule has 0 unspecified atom stereocenters. The third-order valence-corrected chi connectivity index (χ3v) is 5.17. The highest BCUT2D eigenvalue weighted by molar-refractivity contribution is 7.89. The summed E-state index contributed by atoms with van der Waals surface area (Å²) in [6.07, 6.45) is 7.64. The van der Waals surface area contributed by atoms with Crippen LogP contribution in [-0.4, -0.2) is 32.7 Å². The van der Waals surface area contributed by atoms with Crippen molar-refractivity contribution in [3.63, 3.8) is 0 Å². The van der Waals surface area contributed by atoms with E-state index in [4.69, 9.17) is 10.5 Å². The highest BCUT2D eigenvalue weighted by Gasteiger charge is 2.18. The Kier molecular flexibility index (Phi) is 6.10. The molecule has 1 saturated carbocycles. The summed E-state index contributed by atoms with van der Waals surface area (Å²) >= 11 is 0. The summed E-state index contributed by atoms with van der Waals surface area (Å²) in [5.74, 6) is 0. The van der Waals surface area contributed by atoms with Crippen LogP contribution in [0.5, 0.6) is 0 Å². The van der Waals surface area contributed by atoms with E-state index < -0.39 is 10.0 Å². The fourth-order valence-electron chi connectivity index (χ4n) is 2.53. The molecule has 0 bridgehead atoms. The number of nitrogens with zero attached hydrogens (tertiary/aromatic N) is 1. The highest BCUT2D eigenvalue weighted by atomic mass is 32.2. The van der Waals surface area contributed by atoms with Crippen molar-refractivity contribution in [2.45, 2.75) is 49.6 Å². The molecule has 1 aromatic heterocycles. The Balaban J connectivity index is 1.83. The van der Waals surface area contributed by atoms with E-state index in [2.05, 4.69) is 9.71 Å². The van der Waals surface area contributed by atoms with Gasteiger partial charge in [0.2, 0.25) is 10.0 Å². The van der Waals surface area contributed by atoms with Gasteiger partial charge in [-0.15, -0.1) is 0 Å². The van der Waals surface area contributed by atoms with Gasteiger partial charge in [-0.2, -0.15) is 0 Å². The normalized spacial score (nSPS) is 17.0. The molecule has 21 heavy (non-hydrogen) atoms. The number of nitrogens with one attached hydrogen (secondary N) is 1. The standard InChI is InChI=1S/C14H23N3O3S/c15-11-13-14(7-4-8-16-13)21(18,19)17-9-10-20-12-5-2-1-3-6-12/h4,7-8,12,17H,1-3,5-6,9-11,15H2. The zero-order valence-electron chi connectivity index (χ0n) is 12.1. The Morgan fingerprint density at radius 2 is 2.10 bits per heavy atom. The summed E-state index contributed by atoms with van der Waals surface area (Å²) in [6.45, 7) is 0.746. The van der Waals surface area contributed by atoms with Crippen LogP contribution in [0.25, 0.3) is 0 Å². The first-order chi connectivity index (χ1) is 10.1. The number of hydrogen-bond donors (Lipinski definition) is 2. The Labute approximate surface area is 126 Å². The second kappa shape index (κ2) is 7.84. The Morgan fingerprint density at radius 3 is 2.81 bits per heavy atom. The summed E-state index contributed by atoms with van der Waals surface area (Å²) in [7, 11) is -3.58. The van der Waals surface area contributed by atoms with E-state index in [-0.39, 0.29) is 24.1 Å². The van der Waals surface area contributed by atoms with Crippen molar-refractivity contribution >= 4 is 10.0 Å². The van der Waals surface area contributed by atoms with Gasteiger partial charge in [-0.25, -0.2) is 13.1 Å². The molecule has 0 amide bonds. The van der Waals surface area contributed by atoms with Crippen LogP contribution < -0.4 is 10.5 Å². The lowest BCUT2D eigenvalue weighted by atomic mass is 9.98. The van der Waals surface area contributed by atoms with Crippen LogP contribution in [0.1, 0.15) is 37.8 Å². The maximum absolute atomic E-state index is 12.2. The minimum absolute atomic E-state index is 0.0929. The smallest absolute Gasteiger partial charge is 0.242 e.